The summed E-state index contributed by atoms with van der Waals surface area (Å²) in [6.45, 7) is 7.79. The van der Waals surface area contributed by atoms with Crippen LogP contribution in [0.25, 0.3) is 0 Å². The average molecular weight is 292 g/mol. The second-order valence-corrected chi connectivity index (χ2v) is 6.10. The maximum atomic E-state index is 9.91. The Hall–Kier alpha value is -1.26. The van der Waals surface area contributed by atoms with Crippen LogP contribution in [0, 0.1) is 0 Å². The van der Waals surface area contributed by atoms with Crippen LogP contribution >= 0.6 is 0 Å². The van der Waals surface area contributed by atoms with Crippen molar-refractivity contribution in [1.29, 1.82) is 0 Å². The highest BCUT2D eigenvalue weighted by Gasteiger charge is 2.21. The zero-order valence-corrected chi connectivity index (χ0v) is 13.2. The van der Waals surface area contributed by atoms with Gasteiger partial charge in [0.15, 0.2) is 0 Å². The Kier molecular flexibility index (Phi) is 5.88. The van der Waals surface area contributed by atoms with Crippen molar-refractivity contribution in [3.63, 3.8) is 0 Å². The SMILES string of the molecule is CCCCN1CCC(NC(C)c2cc(O)ccc2O)CC1. The van der Waals surface area contributed by atoms with E-state index in [1.807, 2.05) is 6.92 Å². The minimum atomic E-state index is 0.0456. The molecule has 21 heavy (non-hydrogen) atoms. The number of phenolic OH excluding ortho intramolecular Hbond substituents is 2. The lowest BCUT2D eigenvalue weighted by atomic mass is 10.0. The van der Waals surface area contributed by atoms with Crippen LogP contribution in [0.4, 0.5) is 0 Å². The van der Waals surface area contributed by atoms with E-state index in [0.29, 0.717) is 6.04 Å². The van der Waals surface area contributed by atoms with Crippen molar-refractivity contribution in [2.45, 2.75) is 51.6 Å². The molecule has 1 aromatic carbocycles. The molecule has 1 aromatic rings. The molecular formula is C17H28N2O2. The third kappa shape index (κ3) is 4.61. The first kappa shape index (κ1) is 16.1. The van der Waals surface area contributed by atoms with Crippen molar-refractivity contribution in [1.82, 2.24) is 10.2 Å². The van der Waals surface area contributed by atoms with E-state index in [1.54, 1.807) is 12.1 Å². The van der Waals surface area contributed by atoms with E-state index >= 15 is 0 Å². The lowest BCUT2D eigenvalue weighted by Crippen LogP contribution is -2.43. The largest absolute Gasteiger partial charge is 0.508 e. The summed E-state index contributed by atoms with van der Waals surface area (Å²) in [5.41, 5.74) is 0.767. The summed E-state index contributed by atoms with van der Waals surface area (Å²) in [4.78, 5) is 2.54. The van der Waals surface area contributed by atoms with Gasteiger partial charge in [0, 0.05) is 17.6 Å². The summed E-state index contributed by atoms with van der Waals surface area (Å²) in [6.07, 6.45) is 4.83. The molecule has 4 heteroatoms. The summed E-state index contributed by atoms with van der Waals surface area (Å²) < 4.78 is 0. The van der Waals surface area contributed by atoms with Gasteiger partial charge < -0.3 is 20.4 Å². The number of hydrogen-bond donors (Lipinski definition) is 3. The molecule has 0 aromatic heterocycles. The molecule has 1 unspecified atom stereocenters. The molecule has 1 aliphatic rings. The lowest BCUT2D eigenvalue weighted by Gasteiger charge is -2.34. The van der Waals surface area contributed by atoms with Gasteiger partial charge in [-0.15, -0.1) is 0 Å². The van der Waals surface area contributed by atoms with Crippen LogP contribution in [0.5, 0.6) is 11.5 Å². The van der Waals surface area contributed by atoms with Gasteiger partial charge in [0.25, 0.3) is 0 Å². The van der Waals surface area contributed by atoms with E-state index in [0.717, 1.165) is 31.5 Å². The van der Waals surface area contributed by atoms with Crippen molar-refractivity contribution >= 4 is 0 Å². The van der Waals surface area contributed by atoms with Gasteiger partial charge in [-0.3, -0.25) is 0 Å². The molecule has 4 nitrogen and oxygen atoms in total. The first-order valence-electron chi connectivity index (χ1n) is 8.10. The number of phenols is 2. The molecule has 2 rings (SSSR count). The van der Waals surface area contributed by atoms with Gasteiger partial charge in [-0.25, -0.2) is 0 Å². The Morgan fingerprint density at radius 1 is 1.29 bits per heavy atom. The maximum absolute atomic E-state index is 9.91. The molecule has 1 aliphatic heterocycles. The first-order valence-corrected chi connectivity index (χ1v) is 8.10. The van der Waals surface area contributed by atoms with Crippen LogP contribution < -0.4 is 5.32 Å². The lowest BCUT2D eigenvalue weighted by molar-refractivity contribution is 0.189. The number of nitrogens with one attached hydrogen (secondary N) is 1. The number of likely N-dealkylation sites (tertiary alicyclic amines) is 1. The molecule has 118 valence electrons. The molecule has 0 bridgehead atoms. The number of rotatable bonds is 6. The predicted octanol–water partition coefficient (Wildman–Crippen LogP) is 3.01. The number of piperidine rings is 1. The fourth-order valence-electron chi connectivity index (χ4n) is 3.04. The van der Waals surface area contributed by atoms with Crippen LogP contribution in [0.2, 0.25) is 0 Å². The fraction of sp³-hybridized carbons (Fsp3) is 0.647. The van der Waals surface area contributed by atoms with Gasteiger partial charge in [0.1, 0.15) is 11.5 Å². The highest BCUT2D eigenvalue weighted by atomic mass is 16.3. The van der Waals surface area contributed by atoms with Crippen molar-refractivity contribution < 1.29 is 10.2 Å². The smallest absolute Gasteiger partial charge is 0.120 e. The normalized spacial score (nSPS) is 18.8. The van der Waals surface area contributed by atoms with Gasteiger partial charge >= 0.3 is 0 Å². The van der Waals surface area contributed by atoms with Gasteiger partial charge in [-0.2, -0.15) is 0 Å². The summed E-state index contributed by atoms with van der Waals surface area (Å²) in [7, 11) is 0. The van der Waals surface area contributed by atoms with Crippen molar-refractivity contribution in [2.75, 3.05) is 19.6 Å². The molecule has 0 saturated carbocycles. The van der Waals surface area contributed by atoms with Crippen LogP contribution in [-0.4, -0.2) is 40.8 Å². The summed E-state index contributed by atoms with van der Waals surface area (Å²) in [6, 6.07) is 5.24. The molecule has 0 spiro atoms. The Labute approximate surface area is 127 Å². The fourth-order valence-corrected chi connectivity index (χ4v) is 3.04. The molecule has 1 atom stereocenters. The molecule has 1 saturated heterocycles. The van der Waals surface area contributed by atoms with Crippen LogP contribution in [0.15, 0.2) is 18.2 Å². The van der Waals surface area contributed by atoms with Crippen LogP contribution in [-0.2, 0) is 0 Å². The number of benzene rings is 1. The zero-order chi connectivity index (χ0) is 15.2. The third-order valence-electron chi connectivity index (χ3n) is 4.38. The number of aromatic hydroxyl groups is 2. The third-order valence-corrected chi connectivity index (χ3v) is 4.38. The molecule has 0 aliphatic carbocycles. The van der Waals surface area contributed by atoms with E-state index in [9.17, 15) is 10.2 Å². The average Bonchev–Trinajstić information content (AvgIpc) is 2.49. The Bertz CT molecular complexity index is 442. The highest BCUT2D eigenvalue weighted by Crippen LogP contribution is 2.28. The second kappa shape index (κ2) is 7.66. The summed E-state index contributed by atoms with van der Waals surface area (Å²) in [5, 5.41) is 23.1. The minimum absolute atomic E-state index is 0.0456. The van der Waals surface area contributed by atoms with Crippen molar-refractivity contribution in [3.8, 4) is 11.5 Å². The van der Waals surface area contributed by atoms with E-state index in [2.05, 4.69) is 17.1 Å². The quantitative estimate of drug-likeness (QED) is 0.706. The van der Waals surface area contributed by atoms with Crippen LogP contribution in [0.3, 0.4) is 0 Å². The first-order chi connectivity index (χ1) is 10.1. The summed E-state index contributed by atoms with van der Waals surface area (Å²) >= 11 is 0. The molecule has 1 heterocycles. The monoisotopic (exact) mass is 292 g/mol. The van der Waals surface area contributed by atoms with Crippen molar-refractivity contribution in [2.24, 2.45) is 0 Å². The second-order valence-electron chi connectivity index (χ2n) is 6.10. The molecule has 1 fully saturated rings. The van der Waals surface area contributed by atoms with E-state index < -0.39 is 0 Å². The Balaban J connectivity index is 1.84. The Morgan fingerprint density at radius 2 is 2.00 bits per heavy atom. The van der Waals surface area contributed by atoms with Gasteiger partial charge in [-0.05, 0) is 64.0 Å². The van der Waals surface area contributed by atoms with E-state index in [-0.39, 0.29) is 17.5 Å². The number of hydrogen-bond acceptors (Lipinski definition) is 4. The van der Waals surface area contributed by atoms with Gasteiger partial charge in [0.05, 0.1) is 0 Å². The van der Waals surface area contributed by atoms with Gasteiger partial charge in [-0.1, -0.05) is 13.3 Å². The molecule has 3 N–H and O–H groups in total. The maximum Gasteiger partial charge on any atom is 0.120 e. The van der Waals surface area contributed by atoms with Crippen LogP contribution in [0.1, 0.15) is 51.1 Å². The number of nitrogens with zero attached hydrogens (tertiary/aromatic N) is 1. The molecule has 0 amide bonds. The zero-order valence-electron chi connectivity index (χ0n) is 13.2. The minimum Gasteiger partial charge on any atom is -0.508 e. The summed E-state index contributed by atoms with van der Waals surface area (Å²) in [5.74, 6) is 0.444. The highest BCUT2D eigenvalue weighted by molar-refractivity contribution is 5.40. The van der Waals surface area contributed by atoms with E-state index in [4.69, 9.17) is 0 Å². The predicted molar refractivity (Wildman–Crippen MR) is 85.7 cm³/mol. The molecular weight excluding hydrogens is 264 g/mol. The molecule has 0 radical (unpaired) electrons. The Morgan fingerprint density at radius 3 is 2.67 bits per heavy atom. The number of unbranched alkanes of at least 4 members (excludes halogenated alkanes) is 1. The van der Waals surface area contributed by atoms with E-state index in [1.165, 1.54) is 25.5 Å². The van der Waals surface area contributed by atoms with Gasteiger partial charge in [0.2, 0.25) is 0 Å². The van der Waals surface area contributed by atoms with Crippen molar-refractivity contribution in [3.05, 3.63) is 23.8 Å². The standard InChI is InChI=1S/C17H28N2O2/c1-3-4-9-19-10-7-14(8-11-19)18-13(2)16-12-15(20)5-6-17(16)21/h5-6,12-14,18,20-21H,3-4,7-11H2,1-2H3. The topological polar surface area (TPSA) is 55.7 Å².